The van der Waals surface area contributed by atoms with Gasteiger partial charge < -0.3 is 23.7 Å². The lowest BCUT2D eigenvalue weighted by Gasteiger charge is -2.40. The zero-order valence-electron chi connectivity index (χ0n) is 12.5. The number of methoxy groups -OCH3 is 1. The Kier molecular flexibility index (Phi) is 6.57. The van der Waals surface area contributed by atoms with Crippen LogP contribution >= 0.6 is 0 Å². The van der Waals surface area contributed by atoms with Gasteiger partial charge in [0.25, 0.3) is 0 Å². The molecular formula is C13H20O8. The van der Waals surface area contributed by atoms with Gasteiger partial charge in [-0.3, -0.25) is 14.4 Å². The Hall–Kier alpha value is -1.67. The molecule has 1 heterocycles. The van der Waals surface area contributed by atoms with E-state index in [1.165, 1.54) is 27.9 Å². The summed E-state index contributed by atoms with van der Waals surface area (Å²) in [7, 11) is 1.43. The van der Waals surface area contributed by atoms with E-state index in [0.717, 1.165) is 0 Å². The number of hydrogen-bond acceptors (Lipinski definition) is 8. The first-order valence-corrected chi connectivity index (χ1v) is 6.47. The molecule has 1 rings (SSSR count). The summed E-state index contributed by atoms with van der Waals surface area (Å²) in [5, 5.41) is 0. The Bertz CT molecular complexity index is 394. The molecule has 120 valence electrons. The molecule has 1 saturated heterocycles. The van der Waals surface area contributed by atoms with Crippen molar-refractivity contribution in [3.05, 3.63) is 0 Å². The minimum absolute atomic E-state index is 0.110. The van der Waals surface area contributed by atoms with Gasteiger partial charge in [0, 0.05) is 27.9 Å². The SMILES string of the molecule is CO[C@@H]1CO[C@@H](COC(C)=O)[C@H](OC(C)=O)[C@H]1OC(C)=O. The van der Waals surface area contributed by atoms with E-state index < -0.39 is 42.3 Å². The van der Waals surface area contributed by atoms with Crippen LogP contribution in [0.5, 0.6) is 0 Å². The lowest BCUT2D eigenvalue weighted by molar-refractivity contribution is -0.229. The molecule has 0 unspecified atom stereocenters. The molecule has 8 nitrogen and oxygen atoms in total. The van der Waals surface area contributed by atoms with Crippen molar-refractivity contribution in [2.24, 2.45) is 0 Å². The van der Waals surface area contributed by atoms with E-state index >= 15 is 0 Å². The number of carbonyl (C=O) groups is 3. The van der Waals surface area contributed by atoms with E-state index in [2.05, 4.69) is 0 Å². The van der Waals surface area contributed by atoms with Crippen molar-refractivity contribution in [3.8, 4) is 0 Å². The van der Waals surface area contributed by atoms with Crippen molar-refractivity contribution in [2.45, 2.75) is 45.2 Å². The van der Waals surface area contributed by atoms with Crippen LogP contribution in [0.1, 0.15) is 20.8 Å². The standard InChI is InChI=1S/C13H20O8/c1-7(14)18-6-11-13(21-9(3)16)12(20-8(2)15)10(17-4)5-19-11/h10-13H,5-6H2,1-4H3/t10-,11+,12+,13+/m1/s1. The van der Waals surface area contributed by atoms with Crippen LogP contribution in [-0.2, 0) is 38.1 Å². The number of esters is 3. The monoisotopic (exact) mass is 304 g/mol. The molecule has 1 aliphatic heterocycles. The third kappa shape index (κ3) is 5.31. The second-order valence-corrected chi connectivity index (χ2v) is 4.60. The third-order valence-electron chi connectivity index (χ3n) is 2.89. The summed E-state index contributed by atoms with van der Waals surface area (Å²) < 4.78 is 25.9. The van der Waals surface area contributed by atoms with Gasteiger partial charge in [-0.15, -0.1) is 0 Å². The van der Waals surface area contributed by atoms with Gasteiger partial charge in [0.15, 0.2) is 12.2 Å². The van der Waals surface area contributed by atoms with Crippen molar-refractivity contribution in [3.63, 3.8) is 0 Å². The zero-order valence-corrected chi connectivity index (χ0v) is 12.5. The normalized spacial score (nSPS) is 28.6. The highest BCUT2D eigenvalue weighted by atomic mass is 16.6. The average Bonchev–Trinajstić information content (AvgIpc) is 2.37. The minimum atomic E-state index is -0.913. The molecule has 0 saturated carbocycles. The quantitative estimate of drug-likeness (QED) is 0.510. The van der Waals surface area contributed by atoms with E-state index in [9.17, 15) is 14.4 Å². The molecule has 0 bridgehead atoms. The van der Waals surface area contributed by atoms with Crippen molar-refractivity contribution in [2.75, 3.05) is 20.3 Å². The Balaban J connectivity index is 2.89. The summed E-state index contributed by atoms with van der Waals surface area (Å²) in [6.07, 6.45) is -3.05. The Morgan fingerprint density at radius 2 is 1.57 bits per heavy atom. The predicted octanol–water partition coefficient (Wildman–Crippen LogP) is -0.173. The molecule has 0 amide bonds. The molecule has 4 atom stereocenters. The molecule has 0 aromatic heterocycles. The number of carbonyl (C=O) groups excluding carboxylic acids is 3. The van der Waals surface area contributed by atoms with Gasteiger partial charge in [-0.2, -0.15) is 0 Å². The number of rotatable bonds is 5. The van der Waals surface area contributed by atoms with Crippen LogP contribution in [-0.4, -0.2) is 62.6 Å². The molecule has 0 aromatic carbocycles. The molecule has 0 N–H and O–H groups in total. The highest BCUT2D eigenvalue weighted by Gasteiger charge is 2.45. The summed E-state index contributed by atoms with van der Waals surface area (Å²) >= 11 is 0. The Labute approximate surface area is 122 Å². The van der Waals surface area contributed by atoms with Crippen molar-refractivity contribution in [1.29, 1.82) is 0 Å². The van der Waals surface area contributed by atoms with Gasteiger partial charge in [-0.25, -0.2) is 0 Å². The molecular weight excluding hydrogens is 284 g/mol. The Morgan fingerprint density at radius 1 is 1.00 bits per heavy atom. The van der Waals surface area contributed by atoms with Crippen LogP contribution in [0.3, 0.4) is 0 Å². The van der Waals surface area contributed by atoms with Gasteiger partial charge in [0.1, 0.15) is 18.8 Å². The largest absolute Gasteiger partial charge is 0.463 e. The third-order valence-corrected chi connectivity index (χ3v) is 2.89. The van der Waals surface area contributed by atoms with Crippen molar-refractivity contribution < 1.29 is 38.1 Å². The highest BCUT2D eigenvalue weighted by molar-refractivity contribution is 5.67. The van der Waals surface area contributed by atoms with Gasteiger partial charge >= 0.3 is 17.9 Å². The van der Waals surface area contributed by atoms with E-state index in [1.807, 2.05) is 0 Å². The second kappa shape index (κ2) is 7.94. The molecule has 1 aliphatic rings. The Morgan fingerprint density at radius 3 is 2.05 bits per heavy atom. The van der Waals surface area contributed by atoms with Crippen LogP contribution < -0.4 is 0 Å². The summed E-state index contributed by atoms with van der Waals surface area (Å²) in [6.45, 7) is 3.74. The van der Waals surface area contributed by atoms with E-state index in [0.29, 0.717) is 0 Å². The van der Waals surface area contributed by atoms with Gasteiger partial charge in [0.05, 0.1) is 6.61 Å². The van der Waals surface area contributed by atoms with Crippen molar-refractivity contribution >= 4 is 17.9 Å². The molecule has 0 spiro atoms. The maximum Gasteiger partial charge on any atom is 0.303 e. The predicted molar refractivity (Wildman–Crippen MR) is 68.3 cm³/mol. The number of ether oxygens (including phenoxy) is 5. The smallest absolute Gasteiger partial charge is 0.303 e. The minimum Gasteiger partial charge on any atom is -0.463 e. The molecule has 0 aromatic rings. The van der Waals surface area contributed by atoms with E-state index in [-0.39, 0.29) is 13.2 Å². The van der Waals surface area contributed by atoms with Crippen LogP contribution in [0, 0.1) is 0 Å². The first-order valence-electron chi connectivity index (χ1n) is 6.47. The fourth-order valence-electron chi connectivity index (χ4n) is 2.05. The molecule has 0 aliphatic carbocycles. The summed E-state index contributed by atoms with van der Waals surface area (Å²) in [5.41, 5.74) is 0. The van der Waals surface area contributed by atoms with Crippen LogP contribution in [0.15, 0.2) is 0 Å². The lowest BCUT2D eigenvalue weighted by Crippen LogP contribution is -2.58. The topological polar surface area (TPSA) is 97.4 Å². The average molecular weight is 304 g/mol. The maximum absolute atomic E-state index is 11.3. The zero-order chi connectivity index (χ0) is 16.0. The number of hydrogen-bond donors (Lipinski definition) is 0. The van der Waals surface area contributed by atoms with Gasteiger partial charge in [0.2, 0.25) is 0 Å². The van der Waals surface area contributed by atoms with Crippen molar-refractivity contribution in [1.82, 2.24) is 0 Å². The van der Waals surface area contributed by atoms with E-state index in [1.54, 1.807) is 0 Å². The lowest BCUT2D eigenvalue weighted by atomic mass is 9.99. The second-order valence-electron chi connectivity index (χ2n) is 4.60. The van der Waals surface area contributed by atoms with Gasteiger partial charge in [-0.05, 0) is 0 Å². The fourth-order valence-corrected chi connectivity index (χ4v) is 2.05. The molecule has 8 heteroatoms. The van der Waals surface area contributed by atoms with E-state index in [4.69, 9.17) is 23.7 Å². The maximum atomic E-state index is 11.3. The molecule has 21 heavy (non-hydrogen) atoms. The summed E-state index contributed by atoms with van der Waals surface area (Å²) in [4.78, 5) is 33.4. The summed E-state index contributed by atoms with van der Waals surface area (Å²) in [6, 6.07) is 0. The summed E-state index contributed by atoms with van der Waals surface area (Å²) in [5.74, 6) is -1.59. The molecule has 0 radical (unpaired) electrons. The fraction of sp³-hybridized carbons (Fsp3) is 0.769. The van der Waals surface area contributed by atoms with Gasteiger partial charge in [-0.1, -0.05) is 0 Å². The molecule has 1 fully saturated rings. The van der Waals surface area contributed by atoms with Crippen LogP contribution in [0.2, 0.25) is 0 Å². The van der Waals surface area contributed by atoms with Crippen LogP contribution in [0.4, 0.5) is 0 Å². The van der Waals surface area contributed by atoms with Crippen LogP contribution in [0.25, 0.3) is 0 Å². The highest BCUT2D eigenvalue weighted by Crippen LogP contribution is 2.24. The first-order chi connectivity index (χ1) is 9.85. The first kappa shape index (κ1) is 17.4.